The number of nitrogens with zero attached hydrogens (tertiary/aromatic N) is 4. The highest BCUT2D eigenvalue weighted by atomic mass is 32.2. The van der Waals surface area contributed by atoms with Crippen molar-refractivity contribution in [3.63, 3.8) is 0 Å². The first kappa shape index (κ1) is 28.2. The van der Waals surface area contributed by atoms with E-state index in [0.717, 1.165) is 11.3 Å². The van der Waals surface area contributed by atoms with E-state index in [1.165, 1.54) is 24.7 Å². The number of aromatic nitrogens is 2. The zero-order valence-electron chi connectivity index (χ0n) is 22.2. The van der Waals surface area contributed by atoms with Gasteiger partial charge in [-0.2, -0.15) is 0 Å². The van der Waals surface area contributed by atoms with Gasteiger partial charge in [0.1, 0.15) is 22.0 Å². The molecule has 0 radical (unpaired) electrons. The Hall–Kier alpha value is -3.81. The van der Waals surface area contributed by atoms with Crippen molar-refractivity contribution in [3.05, 3.63) is 77.0 Å². The maximum absolute atomic E-state index is 15.3. The Morgan fingerprint density at radius 1 is 1.05 bits per heavy atom. The number of halogens is 1. The van der Waals surface area contributed by atoms with Gasteiger partial charge in [-0.1, -0.05) is 24.8 Å². The van der Waals surface area contributed by atoms with Crippen LogP contribution < -0.4 is 5.73 Å². The van der Waals surface area contributed by atoms with Crippen LogP contribution in [0, 0.1) is 17.7 Å². The van der Waals surface area contributed by atoms with E-state index in [1.54, 1.807) is 23.1 Å². The Morgan fingerprint density at radius 3 is 2.41 bits per heavy atom. The lowest BCUT2D eigenvalue weighted by atomic mass is 10.0. The second kappa shape index (κ2) is 12.4. The molecular formula is C29H32FN5O3S. The smallest absolute Gasteiger partial charge is 0.256 e. The molecule has 39 heavy (non-hydrogen) atoms. The molecule has 8 nitrogen and oxygen atoms in total. The van der Waals surface area contributed by atoms with Gasteiger partial charge < -0.3 is 10.6 Å². The average Bonchev–Trinajstić information content (AvgIpc) is 2.92. The SMILES string of the molecule is CCc1ncnc(-c2ccc(C(=O)N3CCN(CCCS(C)(=O)=O)CC3)c(F)c2)c1C#Cc1ccc(N)cc1. The van der Waals surface area contributed by atoms with Gasteiger partial charge in [0.05, 0.1) is 28.3 Å². The van der Waals surface area contributed by atoms with Crippen LogP contribution in [0.5, 0.6) is 0 Å². The molecule has 1 amide bonds. The quantitative estimate of drug-likeness (QED) is 0.356. The number of anilines is 1. The van der Waals surface area contributed by atoms with Crippen molar-refractivity contribution in [3.8, 4) is 23.1 Å². The fourth-order valence-corrected chi connectivity index (χ4v) is 5.13. The summed E-state index contributed by atoms with van der Waals surface area (Å²) < 4.78 is 38.0. The zero-order valence-corrected chi connectivity index (χ0v) is 23.0. The summed E-state index contributed by atoms with van der Waals surface area (Å²) in [5.74, 6) is 5.42. The second-order valence-corrected chi connectivity index (χ2v) is 11.8. The first-order valence-electron chi connectivity index (χ1n) is 12.9. The number of piperazine rings is 1. The highest BCUT2D eigenvalue weighted by molar-refractivity contribution is 7.90. The molecule has 0 unspecified atom stereocenters. The van der Waals surface area contributed by atoms with E-state index in [-0.39, 0.29) is 17.2 Å². The van der Waals surface area contributed by atoms with E-state index in [4.69, 9.17) is 5.73 Å². The Morgan fingerprint density at radius 2 is 1.77 bits per heavy atom. The molecule has 1 fully saturated rings. The van der Waals surface area contributed by atoms with Crippen molar-refractivity contribution in [1.29, 1.82) is 0 Å². The number of nitrogen functional groups attached to an aromatic ring is 1. The van der Waals surface area contributed by atoms with Crippen LogP contribution in [-0.4, -0.2) is 78.8 Å². The highest BCUT2D eigenvalue weighted by Gasteiger charge is 2.25. The number of carbonyl (C=O) groups excluding carboxylic acids is 1. The number of hydrogen-bond donors (Lipinski definition) is 1. The largest absolute Gasteiger partial charge is 0.399 e. The minimum atomic E-state index is -2.99. The number of rotatable bonds is 7. The molecule has 2 aromatic carbocycles. The van der Waals surface area contributed by atoms with Gasteiger partial charge in [0, 0.05) is 49.2 Å². The monoisotopic (exact) mass is 549 g/mol. The van der Waals surface area contributed by atoms with E-state index in [0.29, 0.717) is 68.1 Å². The first-order chi connectivity index (χ1) is 18.6. The van der Waals surface area contributed by atoms with Crippen molar-refractivity contribution in [1.82, 2.24) is 19.8 Å². The van der Waals surface area contributed by atoms with Crippen LogP contribution >= 0.6 is 0 Å². The summed E-state index contributed by atoms with van der Waals surface area (Å²) in [5.41, 5.74) is 9.57. The molecule has 4 rings (SSSR count). The predicted molar refractivity (Wildman–Crippen MR) is 150 cm³/mol. The van der Waals surface area contributed by atoms with E-state index >= 15 is 4.39 Å². The number of benzene rings is 2. The third-order valence-corrected chi connectivity index (χ3v) is 7.66. The summed E-state index contributed by atoms with van der Waals surface area (Å²) >= 11 is 0. The fraction of sp³-hybridized carbons (Fsp3) is 0.345. The molecular weight excluding hydrogens is 517 g/mol. The summed E-state index contributed by atoms with van der Waals surface area (Å²) in [6.45, 7) is 4.76. The van der Waals surface area contributed by atoms with Crippen LogP contribution in [0.4, 0.5) is 10.1 Å². The van der Waals surface area contributed by atoms with Gasteiger partial charge in [-0.3, -0.25) is 9.69 Å². The number of hydrogen-bond acceptors (Lipinski definition) is 7. The van der Waals surface area contributed by atoms with Crippen LogP contribution in [-0.2, 0) is 16.3 Å². The third-order valence-electron chi connectivity index (χ3n) is 6.63. The first-order valence-corrected chi connectivity index (χ1v) is 14.9. The molecule has 10 heteroatoms. The Labute approximate surface area is 229 Å². The number of aryl methyl sites for hydroxylation is 1. The van der Waals surface area contributed by atoms with Gasteiger partial charge in [-0.05, 0) is 55.8 Å². The number of amides is 1. The molecule has 0 saturated carbocycles. The zero-order chi connectivity index (χ0) is 28.0. The maximum Gasteiger partial charge on any atom is 0.256 e. The lowest BCUT2D eigenvalue weighted by Gasteiger charge is -2.34. The van der Waals surface area contributed by atoms with E-state index in [1.807, 2.05) is 19.1 Å². The summed E-state index contributed by atoms with van der Waals surface area (Å²) in [4.78, 5) is 25.6. The average molecular weight is 550 g/mol. The second-order valence-electron chi connectivity index (χ2n) is 9.58. The molecule has 2 heterocycles. The number of sulfone groups is 1. The minimum absolute atomic E-state index is 0.00329. The minimum Gasteiger partial charge on any atom is -0.399 e. The van der Waals surface area contributed by atoms with Crippen molar-refractivity contribution in [2.75, 3.05) is 50.5 Å². The van der Waals surface area contributed by atoms with E-state index < -0.39 is 15.7 Å². The molecule has 0 spiro atoms. The normalized spacial score (nSPS) is 14.1. The van der Waals surface area contributed by atoms with Gasteiger partial charge in [-0.15, -0.1) is 0 Å². The van der Waals surface area contributed by atoms with Crippen LogP contribution in [0.1, 0.15) is 40.5 Å². The summed E-state index contributed by atoms with van der Waals surface area (Å²) in [6, 6.07) is 11.7. The van der Waals surface area contributed by atoms with Gasteiger partial charge in [0.15, 0.2) is 0 Å². The number of nitrogens with two attached hydrogens (primary N) is 1. The van der Waals surface area contributed by atoms with Gasteiger partial charge in [0.25, 0.3) is 5.91 Å². The molecule has 2 N–H and O–H groups in total. The predicted octanol–water partition coefficient (Wildman–Crippen LogP) is 3.02. The van der Waals surface area contributed by atoms with Crippen LogP contribution in [0.2, 0.25) is 0 Å². The lowest BCUT2D eigenvalue weighted by Crippen LogP contribution is -2.49. The van der Waals surface area contributed by atoms with E-state index in [2.05, 4.69) is 26.7 Å². The Bertz CT molecular complexity index is 1510. The van der Waals surface area contributed by atoms with Crippen molar-refractivity contribution < 1.29 is 17.6 Å². The topological polar surface area (TPSA) is 109 Å². The van der Waals surface area contributed by atoms with Gasteiger partial charge in [0.2, 0.25) is 0 Å². The molecule has 0 bridgehead atoms. The van der Waals surface area contributed by atoms with Crippen LogP contribution in [0.15, 0.2) is 48.8 Å². The van der Waals surface area contributed by atoms with Crippen molar-refractivity contribution in [2.24, 2.45) is 0 Å². The van der Waals surface area contributed by atoms with Gasteiger partial charge >= 0.3 is 0 Å². The Balaban J connectivity index is 1.50. The molecule has 1 aliphatic heterocycles. The molecule has 3 aromatic rings. The molecule has 1 aliphatic rings. The lowest BCUT2D eigenvalue weighted by molar-refractivity contribution is 0.0633. The Kier molecular flexibility index (Phi) is 8.94. The third kappa shape index (κ3) is 7.40. The summed E-state index contributed by atoms with van der Waals surface area (Å²) in [6.07, 6.45) is 3.85. The standard InChI is InChI=1S/C29H32FN5O3S/c1-3-27-25(11-7-21-5-9-23(31)10-6-21)28(33-20-32-27)22-8-12-24(26(30)19-22)29(36)35-16-14-34(15-17-35)13-4-18-39(2,37)38/h5-6,8-10,12,19-20H,3-4,13-18,31H2,1-2H3. The molecule has 204 valence electrons. The molecule has 1 saturated heterocycles. The molecule has 1 aromatic heterocycles. The molecule has 0 atom stereocenters. The van der Waals surface area contributed by atoms with Crippen molar-refractivity contribution >= 4 is 21.4 Å². The summed E-state index contributed by atoms with van der Waals surface area (Å²) in [7, 11) is -2.99. The van der Waals surface area contributed by atoms with Crippen LogP contribution in [0.3, 0.4) is 0 Å². The maximum atomic E-state index is 15.3. The number of carbonyl (C=O) groups is 1. The van der Waals surface area contributed by atoms with Crippen molar-refractivity contribution in [2.45, 2.75) is 19.8 Å². The fourth-order valence-electron chi connectivity index (χ4n) is 4.47. The highest BCUT2D eigenvalue weighted by Crippen LogP contribution is 2.26. The van der Waals surface area contributed by atoms with E-state index in [9.17, 15) is 13.2 Å². The molecule has 0 aliphatic carbocycles. The summed E-state index contributed by atoms with van der Waals surface area (Å²) in [5, 5.41) is 0. The van der Waals surface area contributed by atoms with Gasteiger partial charge in [-0.25, -0.2) is 22.8 Å². The van der Waals surface area contributed by atoms with Crippen LogP contribution in [0.25, 0.3) is 11.3 Å².